The molecule has 0 atom stereocenters. The Morgan fingerprint density at radius 1 is 1.46 bits per heavy atom. The lowest BCUT2D eigenvalue weighted by Crippen LogP contribution is -2.23. The second-order valence-corrected chi connectivity index (χ2v) is 4.68. The van der Waals surface area contributed by atoms with Crippen molar-refractivity contribution in [3.05, 3.63) is 10.3 Å². The topological polar surface area (TPSA) is 47.8 Å². The van der Waals surface area contributed by atoms with Gasteiger partial charge in [0.1, 0.15) is 5.69 Å². The number of carbonyl (C=O) groups is 1. The van der Waals surface area contributed by atoms with Gasteiger partial charge < -0.3 is 0 Å². The molecule has 0 amide bonds. The first-order chi connectivity index (χ1) is 5.84. The van der Waals surface area contributed by atoms with Crippen LogP contribution in [0.5, 0.6) is 0 Å². The smallest absolute Gasteiger partial charge is 0.188 e. The molecule has 0 aliphatic heterocycles. The van der Waals surface area contributed by atoms with Gasteiger partial charge in [-0.05, 0) is 15.9 Å². The molecule has 0 bridgehead atoms. The highest BCUT2D eigenvalue weighted by atomic mass is 79.9. The minimum atomic E-state index is -0.405. The Bertz CT molecular complexity index is 318. The molecule has 0 spiro atoms. The number of aryl methyl sites for hydroxylation is 1. The van der Waals surface area contributed by atoms with Gasteiger partial charge in [-0.25, -0.2) is 4.68 Å². The Labute approximate surface area is 85.4 Å². The SMILES string of the molecule is Cn1nnc(Br)c1C(=O)C(C)(C)C. The minimum absolute atomic E-state index is 0.0341. The van der Waals surface area contributed by atoms with Crippen LogP contribution in [0.3, 0.4) is 0 Å². The summed E-state index contributed by atoms with van der Waals surface area (Å²) in [5.74, 6) is 0.0341. The summed E-state index contributed by atoms with van der Waals surface area (Å²) >= 11 is 3.19. The van der Waals surface area contributed by atoms with Crippen LogP contribution in [-0.2, 0) is 7.05 Å². The van der Waals surface area contributed by atoms with Crippen molar-refractivity contribution in [1.82, 2.24) is 15.0 Å². The Morgan fingerprint density at radius 3 is 2.31 bits per heavy atom. The van der Waals surface area contributed by atoms with Crippen molar-refractivity contribution in [1.29, 1.82) is 0 Å². The highest BCUT2D eigenvalue weighted by Crippen LogP contribution is 2.23. The second kappa shape index (κ2) is 3.21. The number of halogens is 1. The van der Waals surface area contributed by atoms with Gasteiger partial charge >= 0.3 is 0 Å². The molecular weight excluding hydrogens is 234 g/mol. The van der Waals surface area contributed by atoms with Gasteiger partial charge in [0.25, 0.3) is 0 Å². The van der Waals surface area contributed by atoms with E-state index in [2.05, 4.69) is 26.2 Å². The van der Waals surface area contributed by atoms with Gasteiger partial charge in [-0.15, -0.1) is 5.10 Å². The van der Waals surface area contributed by atoms with Crippen LogP contribution < -0.4 is 0 Å². The van der Waals surface area contributed by atoms with E-state index >= 15 is 0 Å². The minimum Gasteiger partial charge on any atom is -0.292 e. The molecule has 0 aromatic carbocycles. The van der Waals surface area contributed by atoms with Crippen LogP contribution in [0, 0.1) is 5.41 Å². The van der Waals surface area contributed by atoms with Crippen LogP contribution in [0.15, 0.2) is 4.60 Å². The fourth-order valence-electron chi connectivity index (χ4n) is 0.928. The van der Waals surface area contributed by atoms with E-state index in [1.807, 2.05) is 20.8 Å². The zero-order valence-corrected chi connectivity index (χ0v) is 9.71. The number of ketones is 1. The van der Waals surface area contributed by atoms with Crippen molar-refractivity contribution in [3.63, 3.8) is 0 Å². The summed E-state index contributed by atoms with van der Waals surface area (Å²) < 4.78 is 1.99. The third kappa shape index (κ3) is 1.96. The fourth-order valence-corrected chi connectivity index (χ4v) is 1.44. The lowest BCUT2D eigenvalue weighted by Gasteiger charge is -2.15. The summed E-state index contributed by atoms with van der Waals surface area (Å²) in [7, 11) is 1.71. The largest absolute Gasteiger partial charge is 0.292 e. The van der Waals surface area contributed by atoms with Gasteiger partial charge in [0, 0.05) is 12.5 Å². The first kappa shape index (κ1) is 10.4. The molecule has 1 heterocycles. The maximum Gasteiger partial charge on any atom is 0.188 e. The van der Waals surface area contributed by atoms with E-state index in [9.17, 15) is 4.79 Å². The summed E-state index contributed by atoms with van der Waals surface area (Å²) in [6.45, 7) is 5.61. The normalized spacial score (nSPS) is 11.8. The zero-order chi connectivity index (χ0) is 10.2. The summed E-state index contributed by atoms with van der Waals surface area (Å²) in [4.78, 5) is 11.8. The van der Waals surface area contributed by atoms with E-state index in [0.717, 1.165) is 0 Å². The molecule has 1 aromatic heterocycles. The molecule has 72 valence electrons. The first-order valence-electron chi connectivity index (χ1n) is 3.94. The number of nitrogens with zero attached hydrogens (tertiary/aromatic N) is 3. The molecule has 0 unspecified atom stereocenters. The zero-order valence-electron chi connectivity index (χ0n) is 8.13. The lowest BCUT2D eigenvalue weighted by molar-refractivity contribution is 0.0847. The number of rotatable bonds is 1. The fraction of sp³-hybridized carbons (Fsp3) is 0.625. The molecule has 5 heteroatoms. The number of carbonyl (C=O) groups excluding carboxylic acids is 1. The van der Waals surface area contributed by atoms with Crippen molar-refractivity contribution in [2.45, 2.75) is 20.8 Å². The van der Waals surface area contributed by atoms with Crippen LogP contribution in [0.4, 0.5) is 0 Å². The third-order valence-electron chi connectivity index (χ3n) is 1.68. The van der Waals surface area contributed by atoms with Gasteiger partial charge in [0.2, 0.25) is 0 Å². The molecule has 0 aliphatic carbocycles. The number of Topliss-reactive ketones (excluding diaryl/α,β-unsaturated/α-hetero) is 1. The molecule has 0 aliphatic rings. The molecular formula is C8H12BrN3O. The summed E-state index contributed by atoms with van der Waals surface area (Å²) in [6, 6.07) is 0. The molecule has 0 radical (unpaired) electrons. The standard InChI is InChI=1S/C8H12BrN3O/c1-8(2,3)6(13)5-7(9)10-11-12(5)4/h1-4H3. The van der Waals surface area contributed by atoms with Crippen molar-refractivity contribution in [3.8, 4) is 0 Å². The van der Waals surface area contributed by atoms with Crippen LogP contribution in [-0.4, -0.2) is 20.8 Å². The van der Waals surface area contributed by atoms with Crippen molar-refractivity contribution in [2.75, 3.05) is 0 Å². The third-order valence-corrected chi connectivity index (χ3v) is 2.22. The maximum absolute atomic E-state index is 11.8. The number of aromatic nitrogens is 3. The number of hydrogen-bond acceptors (Lipinski definition) is 3. The molecule has 0 fully saturated rings. The molecule has 0 N–H and O–H groups in total. The summed E-state index contributed by atoms with van der Waals surface area (Å²) in [5, 5.41) is 7.51. The Hall–Kier alpha value is -0.710. The predicted octanol–water partition coefficient (Wildman–Crippen LogP) is 1.81. The summed E-state index contributed by atoms with van der Waals surface area (Å²) in [5.41, 5.74) is 0.116. The van der Waals surface area contributed by atoms with Gasteiger partial charge in [-0.1, -0.05) is 26.0 Å². The van der Waals surface area contributed by atoms with Gasteiger partial charge in [0.15, 0.2) is 10.4 Å². The highest BCUT2D eigenvalue weighted by Gasteiger charge is 2.28. The second-order valence-electron chi connectivity index (χ2n) is 3.93. The van der Waals surface area contributed by atoms with Gasteiger partial charge in [-0.3, -0.25) is 4.79 Å². The van der Waals surface area contributed by atoms with Crippen molar-refractivity contribution < 1.29 is 4.79 Å². The Kier molecular flexibility index (Phi) is 2.56. The maximum atomic E-state index is 11.8. The summed E-state index contributed by atoms with van der Waals surface area (Å²) in [6.07, 6.45) is 0. The highest BCUT2D eigenvalue weighted by molar-refractivity contribution is 9.10. The first-order valence-corrected chi connectivity index (χ1v) is 4.73. The van der Waals surface area contributed by atoms with Gasteiger partial charge in [0.05, 0.1) is 0 Å². The molecule has 1 rings (SSSR count). The number of hydrogen-bond donors (Lipinski definition) is 0. The Balaban J connectivity index is 3.16. The van der Waals surface area contributed by atoms with E-state index in [1.54, 1.807) is 7.05 Å². The van der Waals surface area contributed by atoms with Crippen LogP contribution >= 0.6 is 15.9 Å². The van der Waals surface area contributed by atoms with Crippen LogP contribution in [0.25, 0.3) is 0 Å². The average molecular weight is 246 g/mol. The molecule has 4 nitrogen and oxygen atoms in total. The molecule has 0 saturated carbocycles. The van der Waals surface area contributed by atoms with Crippen molar-refractivity contribution in [2.24, 2.45) is 12.5 Å². The monoisotopic (exact) mass is 245 g/mol. The van der Waals surface area contributed by atoms with E-state index in [4.69, 9.17) is 0 Å². The van der Waals surface area contributed by atoms with Crippen molar-refractivity contribution >= 4 is 21.7 Å². The van der Waals surface area contributed by atoms with E-state index in [1.165, 1.54) is 4.68 Å². The van der Waals surface area contributed by atoms with E-state index < -0.39 is 5.41 Å². The van der Waals surface area contributed by atoms with Crippen LogP contribution in [0.1, 0.15) is 31.3 Å². The molecule has 0 saturated heterocycles. The van der Waals surface area contributed by atoms with E-state index in [0.29, 0.717) is 10.3 Å². The van der Waals surface area contributed by atoms with Gasteiger partial charge in [-0.2, -0.15) is 0 Å². The Morgan fingerprint density at radius 2 is 2.00 bits per heavy atom. The lowest BCUT2D eigenvalue weighted by atomic mass is 9.89. The quantitative estimate of drug-likeness (QED) is 0.710. The molecule has 1 aromatic rings. The predicted molar refractivity (Wildman–Crippen MR) is 52.5 cm³/mol. The average Bonchev–Trinajstić information content (AvgIpc) is 2.28. The van der Waals surface area contributed by atoms with E-state index in [-0.39, 0.29) is 5.78 Å². The molecule has 13 heavy (non-hydrogen) atoms. The van der Waals surface area contributed by atoms with Crippen LogP contribution in [0.2, 0.25) is 0 Å².